The molecule has 15 heavy (non-hydrogen) atoms. The molecular formula is C13H20N2. The van der Waals surface area contributed by atoms with Gasteiger partial charge in [0.2, 0.25) is 0 Å². The van der Waals surface area contributed by atoms with Crippen LogP contribution in [0.2, 0.25) is 0 Å². The summed E-state index contributed by atoms with van der Waals surface area (Å²) in [5.41, 5.74) is 1.24. The number of para-hydroxylation sites is 1. The van der Waals surface area contributed by atoms with Gasteiger partial charge in [0.15, 0.2) is 0 Å². The summed E-state index contributed by atoms with van der Waals surface area (Å²) in [6, 6.07) is 11.7. The minimum absolute atomic E-state index is 0.601. The fraction of sp³-hybridized carbons (Fsp3) is 0.538. The monoisotopic (exact) mass is 204 g/mol. The van der Waals surface area contributed by atoms with E-state index in [0.29, 0.717) is 18.0 Å². The van der Waals surface area contributed by atoms with E-state index in [1.807, 2.05) is 0 Å². The van der Waals surface area contributed by atoms with Crippen molar-refractivity contribution in [2.24, 2.45) is 5.92 Å². The van der Waals surface area contributed by atoms with E-state index < -0.39 is 0 Å². The number of nitrogens with one attached hydrogen (secondary N) is 2. The van der Waals surface area contributed by atoms with Crippen molar-refractivity contribution in [2.75, 3.05) is 11.9 Å². The van der Waals surface area contributed by atoms with E-state index in [2.05, 4.69) is 54.8 Å². The van der Waals surface area contributed by atoms with E-state index in [9.17, 15) is 0 Å². The average Bonchev–Trinajstić information content (AvgIpc) is 2.25. The lowest BCUT2D eigenvalue weighted by molar-refractivity contribution is 0.314. The Bertz CT molecular complexity index is 297. The van der Waals surface area contributed by atoms with Gasteiger partial charge in [0.25, 0.3) is 0 Å². The molecule has 0 radical (unpaired) electrons. The molecule has 1 aliphatic heterocycles. The van der Waals surface area contributed by atoms with Gasteiger partial charge in [-0.3, -0.25) is 0 Å². The maximum absolute atomic E-state index is 3.62. The van der Waals surface area contributed by atoms with E-state index in [0.717, 1.165) is 6.54 Å². The maximum Gasteiger partial charge on any atom is 0.0342 e. The summed E-state index contributed by atoms with van der Waals surface area (Å²) in [5.74, 6) is 0.696. The van der Waals surface area contributed by atoms with Crippen LogP contribution in [0.15, 0.2) is 30.3 Å². The molecule has 82 valence electrons. The quantitative estimate of drug-likeness (QED) is 0.773. The summed E-state index contributed by atoms with van der Waals surface area (Å²) in [7, 11) is 0. The Morgan fingerprint density at radius 2 is 1.93 bits per heavy atom. The van der Waals surface area contributed by atoms with Gasteiger partial charge >= 0.3 is 0 Å². The van der Waals surface area contributed by atoms with Crippen molar-refractivity contribution in [1.82, 2.24) is 5.32 Å². The molecule has 0 aromatic heterocycles. The van der Waals surface area contributed by atoms with Gasteiger partial charge in [0.05, 0.1) is 0 Å². The molecule has 2 nitrogen and oxygen atoms in total. The number of benzene rings is 1. The Hall–Kier alpha value is -1.02. The molecule has 1 fully saturated rings. The number of hydrogen-bond acceptors (Lipinski definition) is 2. The average molecular weight is 204 g/mol. The third kappa shape index (κ3) is 2.72. The van der Waals surface area contributed by atoms with Gasteiger partial charge in [-0.1, -0.05) is 25.1 Å². The van der Waals surface area contributed by atoms with E-state index in [1.165, 1.54) is 12.1 Å². The van der Waals surface area contributed by atoms with Crippen molar-refractivity contribution in [3.8, 4) is 0 Å². The molecule has 0 spiro atoms. The van der Waals surface area contributed by atoms with Crippen LogP contribution in [-0.2, 0) is 0 Å². The molecule has 1 aliphatic rings. The fourth-order valence-corrected chi connectivity index (χ4v) is 2.18. The van der Waals surface area contributed by atoms with Crippen LogP contribution in [0.4, 0.5) is 5.69 Å². The molecule has 3 atom stereocenters. The molecule has 2 rings (SSSR count). The van der Waals surface area contributed by atoms with Crippen LogP contribution in [0.1, 0.15) is 20.3 Å². The van der Waals surface area contributed by atoms with Crippen LogP contribution >= 0.6 is 0 Å². The minimum Gasteiger partial charge on any atom is -0.382 e. The highest BCUT2D eigenvalue weighted by molar-refractivity contribution is 5.43. The van der Waals surface area contributed by atoms with Crippen molar-refractivity contribution in [3.63, 3.8) is 0 Å². The van der Waals surface area contributed by atoms with E-state index in [1.54, 1.807) is 0 Å². The summed E-state index contributed by atoms with van der Waals surface area (Å²) < 4.78 is 0. The second kappa shape index (κ2) is 4.67. The first-order valence-corrected chi connectivity index (χ1v) is 5.80. The topological polar surface area (TPSA) is 24.1 Å². The molecule has 2 heteroatoms. The first-order valence-electron chi connectivity index (χ1n) is 5.80. The molecule has 0 amide bonds. The Balaban J connectivity index is 1.98. The van der Waals surface area contributed by atoms with Gasteiger partial charge in [-0.2, -0.15) is 0 Å². The second-order valence-electron chi connectivity index (χ2n) is 4.64. The van der Waals surface area contributed by atoms with Crippen molar-refractivity contribution in [1.29, 1.82) is 0 Å². The zero-order valence-corrected chi connectivity index (χ0v) is 9.53. The lowest BCUT2D eigenvalue weighted by Crippen LogP contribution is -2.47. The third-order valence-electron chi connectivity index (χ3n) is 3.21. The highest BCUT2D eigenvalue weighted by atomic mass is 15.0. The fourth-order valence-electron chi connectivity index (χ4n) is 2.18. The minimum atomic E-state index is 0.601. The van der Waals surface area contributed by atoms with Gasteiger partial charge in [-0.05, 0) is 37.9 Å². The number of hydrogen-bond donors (Lipinski definition) is 2. The van der Waals surface area contributed by atoms with Crippen LogP contribution in [0.3, 0.4) is 0 Å². The van der Waals surface area contributed by atoms with Crippen LogP contribution in [0.25, 0.3) is 0 Å². The Morgan fingerprint density at radius 3 is 2.67 bits per heavy atom. The number of anilines is 1. The van der Waals surface area contributed by atoms with Crippen molar-refractivity contribution < 1.29 is 0 Å². The zero-order chi connectivity index (χ0) is 10.7. The van der Waals surface area contributed by atoms with Gasteiger partial charge in [-0.15, -0.1) is 0 Å². The SMILES string of the molecule is CC1CC(Nc2ccccc2)C(C)CN1. The summed E-state index contributed by atoms with van der Waals surface area (Å²) in [5, 5.41) is 7.13. The molecule has 0 saturated carbocycles. The van der Waals surface area contributed by atoms with E-state index >= 15 is 0 Å². The van der Waals surface area contributed by atoms with Crippen LogP contribution in [-0.4, -0.2) is 18.6 Å². The predicted octanol–water partition coefficient (Wildman–Crippen LogP) is 2.49. The van der Waals surface area contributed by atoms with E-state index in [-0.39, 0.29) is 0 Å². The standard InChI is InChI=1S/C13H20N2/c1-10-9-14-11(2)8-13(10)15-12-6-4-3-5-7-12/h3-7,10-11,13-15H,8-9H2,1-2H3. The van der Waals surface area contributed by atoms with Gasteiger partial charge in [0.1, 0.15) is 0 Å². The number of rotatable bonds is 2. The normalized spacial score (nSPS) is 31.2. The van der Waals surface area contributed by atoms with Crippen LogP contribution < -0.4 is 10.6 Å². The molecule has 0 aliphatic carbocycles. The second-order valence-corrected chi connectivity index (χ2v) is 4.64. The summed E-state index contributed by atoms with van der Waals surface area (Å²) in [6.07, 6.45) is 1.20. The zero-order valence-electron chi connectivity index (χ0n) is 9.53. The Kier molecular flexibility index (Phi) is 3.27. The van der Waals surface area contributed by atoms with Crippen LogP contribution in [0.5, 0.6) is 0 Å². The molecule has 1 heterocycles. The summed E-state index contributed by atoms with van der Waals surface area (Å²) in [6.45, 7) is 5.68. The van der Waals surface area contributed by atoms with Crippen LogP contribution in [0, 0.1) is 5.92 Å². The number of piperidine rings is 1. The Morgan fingerprint density at radius 1 is 1.20 bits per heavy atom. The van der Waals surface area contributed by atoms with Crippen molar-refractivity contribution in [2.45, 2.75) is 32.4 Å². The molecular weight excluding hydrogens is 184 g/mol. The van der Waals surface area contributed by atoms with E-state index in [4.69, 9.17) is 0 Å². The van der Waals surface area contributed by atoms with Crippen molar-refractivity contribution >= 4 is 5.69 Å². The summed E-state index contributed by atoms with van der Waals surface area (Å²) >= 11 is 0. The maximum atomic E-state index is 3.62. The highest BCUT2D eigenvalue weighted by Crippen LogP contribution is 2.19. The first kappa shape index (κ1) is 10.5. The molecule has 3 unspecified atom stereocenters. The third-order valence-corrected chi connectivity index (χ3v) is 3.21. The smallest absolute Gasteiger partial charge is 0.0342 e. The van der Waals surface area contributed by atoms with Gasteiger partial charge in [0, 0.05) is 17.8 Å². The highest BCUT2D eigenvalue weighted by Gasteiger charge is 2.24. The predicted molar refractivity (Wildman–Crippen MR) is 65.1 cm³/mol. The molecule has 1 aromatic carbocycles. The molecule has 1 aromatic rings. The molecule has 2 N–H and O–H groups in total. The first-order chi connectivity index (χ1) is 7.25. The van der Waals surface area contributed by atoms with Gasteiger partial charge in [-0.25, -0.2) is 0 Å². The Labute approximate surface area is 92.1 Å². The van der Waals surface area contributed by atoms with Crippen molar-refractivity contribution in [3.05, 3.63) is 30.3 Å². The largest absolute Gasteiger partial charge is 0.382 e. The molecule has 1 saturated heterocycles. The lowest BCUT2D eigenvalue weighted by atomic mass is 9.91. The molecule has 0 bridgehead atoms. The van der Waals surface area contributed by atoms with Gasteiger partial charge < -0.3 is 10.6 Å². The lowest BCUT2D eigenvalue weighted by Gasteiger charge is -2.34. The summed E-state index contributed by atoms with van der Waals surface area (Å²) in [4.78, 5) is 0.